The van der Waals surface area contributed by atoms with Gasteiger partial charge in [0.05, 0.1) is 21.3 Å². The molecule has 1 aromatic carbocycles. The van der Waals surface area contributed by atoms with Gasteiger partial charge >= 0.3 is 6.18 Å². The van der Waals surface area contributed by atoms with Gasteiger partial charge in [-0.2, -0.15) is 13.2 Å². The molecule has 0 unspecified atom stereocenters. The molecule has 0 aliphatic heterocycles. The van der Waals surface area contributed by atoms with Gasteiger partial charge in [0.25, 0.3) is 0 Å². The summed E-state index contributed by atoms with van der Waals surface area (Å²) in [6.45, 7) is 0. The highest BCUT2D eigenvalue weighted by atomic mass is 35.5. The molecule has 0 N–H and O–H groups in total. The third-order valence-electron chi connectivity index (χ3n) is 3.00. The maximum absolute atomic E-state index is 12.7. The van der Waals surface area contributed by atoms with Crippen molar-refractivity contribution in [3.8, 4) is 11.3 Å². The van der Waals surface area contributed by atoms with E-state index in [9.17, 15) is 13.2 Å². The van der Waals surface area contributed by atoms with Crippen LogP contribution in [0.1, 0.15) is 5.56 Å². The molecule has 3 aromatic rings. The Kier molecular flexibility index (Phi) is 3.34. The van der Waals surface area contributed by atoms with Crippen LogP contribution in [0.15, 0.2) is 42.7 Å². The number of pyridine rings is 1. The van der Waals surface area contributed by atoms with Crippen LogP contribution in [-0.2, 0) is 6.18 Å². The summed E-state index contributed by atoms with van der Waals surface area (Å²) in [6.07, 6.45) is -1.95. The predicted octanol–water partition coefficient (Wildman–Crippen LogP) is 5.33. The van der Waals surface area contributed by atoms with Crippen LogP contribution in [0.2, 0.25) is 10.0 Å². The average Bonchev–Trinajstić information content (AvgIpc) is 2.79. The Bertz CT molecular complexity index is 804. The molecular weight excluding hydrogens is 324 g/mol. The minimum atomic E-state index is -4.40. The molecule has 108 valence electrons. The van der Waals surface area contributed by atoms with Crippen molar-refractivity contribution in [3.63, 3.8) is 0 Å². The second kappa shape index (κ2) is 4.93. The molecule has 0 saturated heterocycles. The van der Waals surface area contributed by atoms with E-state index in [1.54, 1.807) is 18.2 Å². The van der Waals surface area contributed by atoms with Gasteiger partial charge in [0.1, 0.15) is 5.65 Å². The Labute approximate surface area is 127 Å². The van der Waals surface area contributed by atoms with Gasteiger partial charge < -0.3 is 4.40 Å². The van der Waals surface area contributed by atoms with Crippen molar-refractivity contribution in [2.24, 2.45) is 0 Å². The van der Waals surface area contributed by atoms with Gasteiger partial charge in [0.15, 0.2) is 0 Å². The first-order valence-electron chi connectivity index (χ1n) is 5.86. The van der Waals surface area contributed by atoms with Gasteiger partial charge in [-0.05, 0) is 24.3 Å². The van der Waals surface area contributed by atoms with Crippen molar-refractivity contribution in [2.75, 3.05) is 0 Å². The zero-order chi connectivity index (χ0) is 15.2. The normalized spacial score (nSPS) is 12.0. The van der Waals surface area contributed by atoms with Crippen LogP contribution < -0.4 is 0 Å². The Morgan fingerprint density at radius 2 is 1.62 bits per heavy atom. The number of imidazole rings is 1. The van der Waals surface area contributed by atoms with Gasteiger partial charge in [-0.25, -0.2) is 4.98 Å². The molecule has 7 heteroatoms. The van der Waals surface area contributed by atoms with Crippen LogP contribution >= 0.6 is 23.2 Å². The highest BCUT2D eigenvalue weighted by Crippen LogP contribution is 2.35. The van der Waals surface area contributed by atoms with Crippen LogP contribution in [0, 0.1) is 0 Å². The summed E-state index contributed by atoms with van der Waals surface area (Å²) in [4.78, 5) is 4.25. The lowest BCUT2D eigenvalue weighted by Gasteiger charge is -2.05. The van der Waals surface area contributed by atoms with Crippen molar-refractivity contribution in [2.45, 2.75) is 6.18 Å². The van der Waals surface area contributed by atoms with Crippen molar-refractivity contribution in [1.29, 1.82) is 0 Å². The van der Waals surface area contributed by atoms with E-state index < -0.39 is 11.7 Å². The first kappa shape index (κ1) is 14.2. The number of aromatic nitrogens is 2. The fourth-order valence-corrected chi connectivity index (χ4v) is 2.61. The molecule has 0 atom stereocenters. The van der Waals surface area contributed by atoms with E-state index in [4.69, 9.17) is 23.2 Å². The van der Waals surface area contributed by atoms with Crippen LogP contribution in [0.25, 0.3) is 16.9 Å². The molecule has 2 heterocycles. The van der Waals surface area contributed by atoms with E-state index in [0.717, 1.165) is 12.3 Å². The minimum Gasteiger partial charge on any atom is -0.306 e. The Morgan fingerprint density at radius 3 is 2.24 bits per heavy atom. The molecule has 0 radical (unpaired) electrons. The summed E-state index contributed by atoms with van der Waals surface area (Å²) in [6, 6.07) is 7.27. The monoisotopic (exact) mass is 330 g/mol. The predicted molar refractivity (Wildman–Crippen MR) is 75.7 cm³/mol. The Hall–Kier alpha value is -1.72. The van der Waals surface area contributed by atoms with Crippen LogP contribution in [0.3, 0.4) is 0 Å². The van der Waals surface area contributed by atoms with Crippen LogP contribution in [-0.4, -0.2) is 9.38 Å². The molecule has 0 fully saturated rings. The maximum atomic E-state index is 12.7. The zero-order valence-corrected chi connectivity index (χ0v) is 11.8. The molecule has 0 aliphatic carbocycles. The van der Waals surface area contributed by atoms with Crippen LogP contribution in [0.5, 0.6) is 0 Å². The lowest BCUT2D eigenvalue weighted by Crippen LogP contribution is -2.05. The third kappa shape index (κ3) is 2.59. The summed E-state index contributed by atoms with van der Waals surface area (Å²) in [5, 5.41) is 0.781. The quantitative estimate of drug-likeness (QED) is 0.589. The average molecular weight is 331 g/mol. The molecule has 2 aromatic heterocycles. The van der Waals surface area contributed by atoms with Crippen molar-refractivity contribution in [3.05, 3.63) is 58.3 Å². The van der Waals surface area contributed by atoms with Crippen molar-refractivity contribution < 1.29 is 13.2 Å². The fraction of sp³-hybridized carbons (Fsp3) is 0.0714. The van der Waals surface area contributed by atoms with Gasteiger partial charge in [-0.3, -0.25) is 0 Å². The molecule has 0 amide bonds. The lowest BCUT2D eigenvalue weighted by molar-refractivity contribution is -0.137. The molecule has 0 spiro atoms. The number of alkyl halides is 3. The van der Waals surface area contributed by atoms with Gasteiger partial charge in [-0.1, -0.05) is 29.3 Å². The summed E-state index contributed by atoms with van der Waals surface area (Å²) < 4.78 is 39.4. The molecular formula is C14H7Cl2F3N2. The highest BCUT2D eigenvalue weighted by molar-refractivity contribution is 6.39. The van der Waals surface area contributed by atoms with E-state index in [1.807, 2.05) is 0 Å². The number of halogens is 5. The van der Waals surface area contributed by atoms with Gasteiger partial charge in [0.2, 0.25) is 0 Å². The summed E-state index contributed by atoms with van der Waals surface area (Å²) in [5.74, 6) is 0. The lowest BCUT2D eigenvalue weighted by atomic mass is 10.2. The molecule has 0 bridgehead atoms. The van der Waals surface area contributed by atoms with Gasteiger partial charge in [0, 0.05) is 18.0 Å². The minimum absolute atomic E-state index is 0.383. The van der Waals surface area contributed by atoms with E-state index in [1.165, 1.54) is 16.7 Å². The van der Waals surface area contributed by atoms with E-state index in [0.29, 0.717) is 26.9 Å². The van der Waals surface area contributed by atoms with Gasteiger partial charge in [-0.15, -0.1) is 0 Å². The number of hydrogen-bond donors (Lipinski definition) is 0. The van der Waals surface area contributed by atoms with E-state index in [2.05, 4.69) is 4.98 Å². The summed E-state index contributed by atoms with van der Waals surface area (Å²) >= 11 is 12.2. The Morgan fingerprint density at radius 1 is 0.952 bits per heavy atom. The standard InChI is InChI=1S/C14H7Cl2F3N2/c15-9-2-1-3-10(16)13(9)11-7-21-6-8(14(17,18)19)4-5-12(21)20-11/h1-7H. The first-order chi connectivity index (χ1) is 9.86. The van der Waals surface area contributed by atoms with E-state index >= 15 is 0 Å². The fourth-order valence-electron chi connectivity index (χ4n) is 2.02. The summed E-state index contributed by atoms with van der Waals surface area (Å²) in [5.41, 5.74) is 0.557. The number of hydrogen-bond acceptors (Lipinski definition) is 1. The van der Waals surface area contributed by atoms with Crippen molar-refractivity contribution in [1.82, 2.24) is 9.38 Å². The number of rotatable bonds is 1. The molecule has 0 saturated carbocycles. The zero-order valence-electron chi connectivity index (χ0n) is 10.3. The van der Waals surface area contributed by atoms with Crippen molar-refractivity contribution >= 4 is 28.8 Å². The number of nitrogens with zero attached hydrogens (tertiary/aromatic N) is 2. The second-order valence-electron chi connectivity index (χ2n) is 4.40. The SMILES string of the molecule is FC(F)(F)c1ccc2nc(-c3c(Cl)cccc3Cl)cn2c1. The molecule has 0 aliphatic rings. The molecule has 21 heavy (non-hydrogen) atoms. The smallest absolute Gasteiger partial charge is 0.306 e. The van der Waals surface area contributed by atoms with E-state index in [-0.39, 0.29) is 0 Å². The number of fused-ring (bicyclic) bond motifs is 1. The topological polar surface area (TPSA) is 17.3 Å². The Balaban J connectivity index is 2.18. The summed E-state index contributed by atoms with van der Waals surface area (Å²) in [7, 11) is 0. The largest absolute Gasteiger partial charge is 0.417 e. The number of benzene rings is 1. The molecule has 3 rings (SSSR count). The van der Waals surface area contributed by atoms with Crippen LogP contribution in [0.4, 0.5) is 13.2 Å². The third-order valence-corrected chi connectivity index (χ3v) is 3.63. The maximum Gasteiger partial charge on any atom is 0.417 e. The first-order valence-corrected chi connectivity index (χ1v) is 6.62. The highest BCUT2D eigenvalue weighted by Gasteiger charge is 2.31. The second-order valence-corrected chi connectivity index (χ2v) is 5.22. The molecule has 2 nitrogen and oxygen atoms in total.